The molecule has 6 nitrogen and oxygen atoms in total. The lowest BCUT2D eigenvalue weighted by molar-refractivity contribution is 0.0735. The van der Waals surface area contributed by atoms with Crippen molar-refractivity contribution in [3.63, 3.8) is 0 Å². The van der Waals surface area contributed by atoms with Crippen LogP contribution in [0, 0.1) is 0 Å². The topological polar surface area (TPSA) is 83.7 Å². The van der Waals surface area contributed by atoms with Gasteiger partial charge in [0.05, 0.1) is 24.2 Å². The van der Waals surface area contributed by atoms with E-state index in [0.717, 1.165) is 0 Å². The summed E-state index contributed by atoms with van der Waals surface area (Å²) in [5, 5.41) is 12.3. The molecule has 0 bridgehead atoms. The van der Waals surface area contributed by atoms with Gasteiger partial charge in [-0.05, 0) is 0 Å². The zero-order chi connectivity index (χ0) is 9.10. The van der Waals surface area contributed by atoms with Crippen LogP contribution in [0.1, 0.15) is 10.4 Å². The molecule has 2 heterocycles. The molecule has 13 heavy (non-hydrogen) atoms. The Morgan fingerprint density at radius 2 is 2.00 bits per heavy atom. The van der Waals surface area contributed by atoms with Gasteiger partial charge in [0.25, 0.3) is 0 Å². The van der Waals surface area contributed by atoms with Gasteiger partial charge in [0.1, 0.15) is 0 Å². The van der Waals surface area contributed by atoms with Crippen LogP contribution < -0.4 is 4.74 Å². The Kier molecular flexibility index (Phi) is 1.79. The number of hydrogen-bond donors (Lipinski definition) is 2. The maximum absolute atomic E-state index is 11.2. The molecule has 0 radical (unpaired) electrons. The Morgan fingerprint density at radius 3 is 2.62 bits per heavy atom. The Bertz CT molecular complexity index is 379. The molecular weight excluding hydrogens is 172 g/mol. The summed E-state index contributed by atoms with van der Waals surface area (Å²) in [5.41, 5.74) is 0.376. The van der Waals surface area contributed by atoms with Crippen LogP contribution >= 0.6 is 0 Å². The predicted molar refractivity (Wildman–Crippen MR) is 42.1 cm³/mol. The smallest absolute Gasteiger partial charge is 0.346 e. The third-order valence-electron chi connectivity index (χ3n) is 1.42. The number of aromatic amines is 2. The van der Waals surface area contributed by atoms with E-state index in [4.69, 9.17) is 4.74 Å². The van der Waals surface area contributed by atoms with Crippen molar-refractivity contribution in [3.8, 4) is 5.75 Å². The van der Waals surface area contributed by atoms with Crippen molar-refractivity contribution in [1.29, 1.82) is 0 Å². The molecule has 2 N–H and O–H groups in total. The molecule has 0 fully saturated rings. The Labute approximate surface area is 72.9 Å². The fourth-order valence-electron chi connectivity index (χ4n) is 0.823. The molecule has 0 aliphatic heterocycles. The third kappa shape index (κ3) is 1.56. The summed E-state index contributed by atoms with van der Waals surface area (Å²) in [7, 11) is 0. The number of nitrogens with zero attached hydrogens (tertiary/aromatic N) is 2. The number of H-pyrrole nitrogens is 2. The van der Waals surface area contributed by atoms with Crippen LogP contribution in [0.5, 0.6) is 5.75 Å². The number of carbonyl (C=O) groups excluding carboxylic acids is 1. The molecule has 0 saturated carbocycles. The summed E-state index contributed by atoms with van der Waals surface area (Å²) in [6, 6.07) is 0. The highest BCUT2D eigenvalue weighted by molar-refractivity contribution is 5.90. The molecule has 0 aromatic carbocycles. The van der Waals surface area contributed by atoms with Crippen molar-refractivity contribution >= 4 is 5.97 Å². The molecule has 2 aromatic rings. The number of hydrogen-bond acceptors (Lipinski definition) is 4. The molecule has 2 aromatic heterocycles. The van der Waals surface area contributed by atoms with Crippen LogP contribution in [0.2, 0.25) is 0 Å². The monoisotopic (exact) mass is 178 g/mol. The fourth-order valence-corrected chi connectivity index (χ4v) is 0.823. The normalized spacial score (nSPS) is 9.85. The van der Waals surface area contributed by atoms with Gasteiger partial charge in [-0.25, -0.2) is 4.79 Å². The van der Waals surface area contributed by atoms with Gasteiger partial charge in [-0.2, -0.15) is 10.2 Å². The number of rotatable bonds is 2. The summed E-state index contributed by atoms with van der Waals surface area (Å²) < 4.78 is 4.91. The first-order valence-corrected chi connectivity index (χ1v) is 3.56. The minimum atomic E-state index is -0.463. The second-order valence-corrected chi connectivity index (χ2v) is 2.31. The Balaban J connectivity index is 2.08. The molecule has 6 heteroatoms. The van der Waals surface area contributed by atoms with E-state index >= 15 is 0 Å². The first-order chi connectivity index (χ1) is 6.36. The Morgan fingerprint density at radius 1 is 1.23 bits per heavy atom. The quantitative estimate of drug-likeness (QED) is 0.650. The highest BCUT2D eigenvalue weighted by atomic mass is 16.5. The zero-order valence-corrected chi connectivity index (χ0v) is 6.52. The van der Waals surface area contributed by atoms with Crippen molar-refractivity contribution < 1.29 is 9.53 Å². The number of ether oxygens (including phenoxy) is 1. The first kappa shape index (κ1) is 7.53. The summed E-state index contributed by atoms with van der Waals surface area (Å²) in [5.74, 6) is -0.0821. The van der Waals surface area contributed by atoms with Crippen LogP contribution in [-0.4, -0.2) is 26.4 Å². The van der Waals surface area contributed by atoms with Gasteiger partial charge in [0.15, 0.2) is 5.75 Å². The molecular formula is C7H6N4O2. The SMILES string of the molecule is O=C(Oc1cn[nH]c1)c1cn[nH]c1. The molecule has 0 aliphatic rings. The van der Waals surface area contributed by atoms with E-state index in [2.05, 4.69) is 20.4 Å². The first-order valence-electron chi connectivity index (χ1n) is 3.56. The highest BCUT2D eigenvalue weighted by Crippen LogP contribution is 2.07. The average molecular weight is 178 g/mol. The zero-order valence-electron chi connectivity index (χ0n) is 6.52. The summed E-state index contributed by atoms with van der Waals surface area (Å²) in [4.78, 5) is 11.2. The van der Waals surface area contributed by atoms with Gasteiger partial charge in [0, 0.05) is 6.20 Å². The minimum absolute atomic E-state index is 0.376. The molecule has 0 unspecified atom stereocenters. The second kappa shape index (κ2) is 3.10. The number of nitrogens with one attached hydrogen (secondary N) is 2. The third-order valence-corrected chi connectivity index (χ3v) is 1.42. The predicted octanol–water partition coefficient (Wildman–Crippen LogP) is 0.352. The van der Waals surface area contributed by atoms with Crippen LogP contribution in [0.15, 0.2) is 24.8 Å². The van der Waals surface area contributed by atoms with Gasteiger partial charge in [0.2, 0.25) is 0 Å². The second-order valence-electron chi connectivity index (χ2n) is 2.31. The van der Waals surface area contributed by atoms with E-state index in [1.54, 1.807) is 0 Å². The van der Waals surface area contributed by atoms with Crippen LogP contribution in [0.3, 0.4) is 0 Å². The lowest BCUT2D eigenvalue weighted by Gasteiger charge is -1.96. The lowest BCUT2D eigenvalue weighted by atomic mass is 10.4. The van der Waals surface area contributed by atoms with Gasteiger partial charge in [-0.15, -0.1) is 0 Å². The molecule has 0 spiro atoms. The minimum Gasteiger partial charge on any atom is -0.419 e. The maximum Gasteiger partial charge on any atom is 0.346 e. The number of carbonyl (C=O) groups is 1. The molecule has 0 aliphatic carbocycles. The van der Waals surface area contributed by atoms with Crippen molar-refractivity contribution in [2.45, 2.75) is 0 Å². The fraction of sp³-hybridized carbons (Fsp3) is 0. The summed E-state index contributed by atoms with van der Waals surface area (Å²) in [6.07, 6.45) is 5.75. The number of esters is 1. The molecule has 66 valence electrons. The largest absolute Gasteiger partial charge is 0.419 e. The van der Waals surface area contributed by atoms with E-state index in [9.17, 15) is 4.79 Å². The van der Waals surface area contributed by atoms with Gasteiger partial charge in [-0.3, -0.25) is 10.2 Å². The van der Waals surface area contributed by atoms with Crippen molar-refractivity contribution in [2.24, 2.45) is 0 Å². The number of aromatic nitrogens is 4. The van der Waals surface area contributed by atoms with Gasteiger partial charge in [-0.1, -0.05) is 0 Å². The van der Waals surface area contributed by atoms with Crippen LogP contribution in [0.25, 0.3) is 0 Å². The molecule has 2 rings (SSSR count). The Hall–Kier alpha value is -2.11. The maximum atomic E-state index is 11.2. The van der Waals surface area contributed by atoms with Gasteiger partial charge >= 0.3 is 5.97 Å². The van der Waals surface area contributed by atoms with E-state index in [-0.39, 0.29) is 0 Å². The van der Waals surface area contributed by atoms with E-state index in [0.29, 0.717) is 11.3 Å². The summed E-state index contributed by atoms with van der Waals surface area (Å²) >= 11 is 0. The van der Waals surface area contributed by atoms with Crippen molar-refractivity contribution in [2.75, 3.05) is 0 Å². The highest BCUT2D eigenvalue weighted by Gasteiger charge is 2.09. The molecule has 0 atom stereocenters. The van der Waals surface area contributed by atoms with Gasteiger partial charge < -0.3 is 4.74 Å². The van der Waals surface area contributed by atoms with E-state index in [1.165, 1.54) is 24.8 Å². The van der Waals surface area contributed by atoms with E-state index in [1.807, 2.05) is 0 Å². The molecule has 0 saturated heterocycles. The lowest BCUT2D eigenvalue weighted by Crippen LogP contribution is -2.06. The summed E-state index contributed by atoms with van der Waals surface area (Å²) in [6.45, 7) is 0. The molecule has 0 amide bonds. The standard InChI is InChI=1S/C7H6N4O2/c12-7(5-1-8-9-2-5)13-6-3-10-11-4-6/h1-4H,(H,8,9)(H,10,11). The van der Waals surface area contributed by atoms with E-state index < -0.39 is 5.97 Å². The van der Waals surface area contributed by atoms with Crippen LogP contribution in [0.4, 0.5) is 0 Å². The van der Waals surface area contributed by atoms with Crippen molar-refractivity contribution in [1.82, 2.24) is 20.4 Å². The van der Waals surface area contributed by atoms with Crippen molar-refractivity contribution in [3.05, 3.63) is 30.4 Å². The average Bonchev–Trinajstić information content (AvgIpc) is 2.74. The van der Waals surface area contributed by atoms with Crippen LogP contribution in [-0.2, 0) is 0 Å².